The van der Waals surface area contributed by atoms with Crippen LogP contribution >= 0.6 is 0 Å². The molecule has 0 amide bonds. The first-order valence-corrected chi connectivity index (χ1v) is 9.13. The summed E-state index contributed by atoms with van der Waals surface area (Å²) < 4.78 is 16.1. The number of carbonyl (C=O) groups is 1. The number of esters is 1. The van der Waals surface area contributed by atoms with E-state index in [1.807, 2.05) is 0 Å². The zero-order chi connectivity index (χ0) is 20.6. The lowest BCUT2D eigenvalue weighted by atomic mass is 9.66. The average Bonchev–Trinajstić information content (AvgIpc) is 2.98. The average molecular weight is 390 g/mol. The Bertz CT molecular complexity index is 927. The summed E-state index contributed by atoms with van der Waals surface area (Å²) in [5, 5.41) is 16.5. The van der Waals surface area contributed by atoms with Gasteiger partial charge < -0.3 is 24.4 Å². The van der Waals surface area contributed by atoms with Crippen LogP contribution in [0.5, 0.6) is 11.5 Å². The second-order valence-electron chi connectivity index (χ2n) is 7.56. The normalized spacial score (nSPS) is 24.0. The topological polar surface area (TPSA) is 114 Å². The Labute approximate surface area is 162 Å². The number of H-pyrrole nitrogens is 2. The van der Waals surface area contributed by atoms with E-state index in [2.05, 4.69) is 10.2 Å². The number of nitrogens with one attached hydrogen (secondary N) is 2. The molecule has 28 heavy (non-hydrogen) atoms. The standard InChI is InChI=1S/C20H26N2O6/c1-10(2)28-19(24)17-15(11-6-7-13(26-4)14(8-11)27-5)16-12(9-20(17,3)25)21-22-18(16)23/h6-8,10,15,17,25H,9H2,1-5H3,(H2,21,22,23)/t15-,17-,20+/m0/s1. The summed E-state index contributed by atoms with van der Waals surface area (Å²) in [6.07, 6.45) is -0.219. The molecule has 0 fully saturated rings. The highest BCUT2D eigenvalue weighted by Crippen LogP contribution is 2.46. The highest BCUT2D eigenvalue weighted by molar-refractivity contribution is 5.77. The summed E-state index contributed by atoms with van der Waals surface area (Å²) in [5.41, 5.74) is -0.0998. The minimum atomic E-state index is -1.41. The molecule has 1 aromatic carbocycles. The quantitative estimate of drug-likeness (QED) is 0.670. The molecule has 0 radical (unpaired) electrons. The molecule has 0 bridgehead atoms. The second kappa shape index (κ2) is 7.35. The van der Waals surface area contributed by atoms with Gasteiger partial charge in [0.1, 0.15) is 0 Å². The number of benzene rings is 1. The third kappa shape index (κ3) is 3.40. The first kappa shape index (κ1) is 20.0. The van der Waals surface area contributed by atoms with E-state index in [0.717, 1.165) is 0 Å². The van der Waals surface area contributed by atoms with Crippen LogP contribution in [-0.2, 0) is 16.0 Å². The monoisotopic (exact) mass is 390 g/mol. The predicted octanol–water partition coefficient (Wildman–Crippen LogP) is 1.73. The van der Waals surface area contributed by atoms with E-state index in [-0.39, 0.29) is 18.1 Å². The van der Waals surface area contributed by atoms with Crippen LogP contribution < -0.4 is 15.0 Å². The number of ether oxygens (including phenoxy) is 3. The highest BCUT2D eigenvalue weighted by Gasteiger charge is 2.51. The number of aliphatic hydroxyl groups is 1. The van der Waals surface area contributed by atoms with Crippen LogP contribution in [-0.4, -0.2) is 47.2 Å². The van der Waals surface area contributed by atoms with Crippen LogP contribution in [0.3, 0.4) is 0 Å². The first-order valence-electron chi connectivity index (χ1n) is 9.13. The minimum Gasteiger partial charge on any atom is -0.493 e. The SMILES string of the molecule is COc1ccc([C@H]2c3c([nH][nH]c3=O)C[C@@](C)(O)[C@@H]2C(=O)OC(C)C)cc1OC. The van der Waals surface area contributed by atoms with Crippen LogP contribution in [0.1, 0.15) is 43.5 Å². The van der Waals surface area contributed by atoms with Crippen LogP contribution in [0.2, 0.25) is 0 Å². The van der Waals surface area contributed by atoms with Crippen molar-refractivity contribution in [3.63, 3.8) is 0 Å². The van der Waals surface area contributed by atoms with E-state index in [9.17, 15) is 14.7 Å². The van der Waals surface area contributed by atoms with Crippen molar-refractivity contribution in [2.24, 2.45) is 5.92 Å². The number of hydrogen-bond donors (Lipinski definition) is 3. The second-order valence-corrected chi connectivity index (χ2v) is 7.56. The van der Waals surface area contributed by atoms with Gasteiger partial charge in [-0.05, 0) is 38.5 Å². The minimum absolute atomic E-state index is 0.128. The van der Waals surface area contributed by atoms with Gasteiger partial charge in [-0.1, -0.05) is 6.07 Å². The lowest BCUT2D eigenvalue weighted by Crippen LogP contribution is -2.50. The van der Waals surface area contributed by atoms with E-state index in [4.69, 9.17) is 14.2 Å². The molecule has 1 aliphatic carbocycles. The molecule has 0 saturated heterocycles. The number of fused-ring (bicyclic) bond motifs is 1. The lowest BCUT2D eigenvalue weighted by molar-refractivity contribution is -0.163. The van der Waals surface area contributed by atoms with Gasteiger partial charge in [0.2, 0.25) is 0 Å². The molecule has 2 aromatic rings. The van der Waals surface area contributed by atoms with Gasteiger partial charge >= 0.3 is 5.97 Å². The van der Waals surface area contributed by atoms with Crippen molar-refractivity contribution in [3.05, 3.63) is 45.4 Å². The first-order chi connectivity index (χ1) is 13.2. The third-order valence-electron chi connectivity index (χ3n) is 5.12. The number of methoxy groups -OCH3 is 2. The molecule has 1 aromatic heterocycles. The van der Waals surface area contributed by atoms with Crippen molar-refractivity contribution >= 4 is 5.97 Å². The molecule has 0 saturated carbocycles. The van der Waals surface area contributed by atoms with E-state index >= 15 is 0 Å². The van der Waals surface area contributed by atoms with Crippen molar-refractivity contribution in [1.29, 1.82) is 0 Å². The van der Waals surface area contributed by atoms with E-state index in [1.54, 1.807) is 39.0 Å². The van der Waals surface area contributed by atoms with Gasteiger partial charge in [-0.3, -0.25) is 14.7 Å². The molecular formula is C20H26N2O6. The molecule has 8 nitrogen and oxygen atoms in total. The summed E-state index contributed by atoms with van der Waals surface area (Å²) >= 11 is 0. The molecule has 152 valence electrons. The predicted molar refractivity (Wildman–Crippen MR) is 102 cm³/mol. The maximum absolute atomic E-state index is 13.0. The smallest absolute Gasteiger partial charge is 0.313 e. The van der Waals surface area contributed by atoms with Crippen molar-refractivity contribution < 1.29 is 24.1 Å². The maximum atomic E-state index is 13.0. The fraction of sp³-hybridized carbons (Fsp3) is 0.500. The Kier molecular flexibility index (Phi) is 5.25. The van der Waals surface area contributed by atoms with Crippen LogP contribution in [0, 0.1) is 5.92 Å². The Morgan fingerprint density at radius 2 is 1.89 bits per heavy atom. The highest BCUT2D eigenvalue weighted by atomic mass is 16.5. The Hall–Kier alpha value is -2.74. The summed E-state index contributed by atoms with van der Waals surface area (Å²) in [6, 6.07) is 5.19. The molecule has 3 atom stereocenters. The van der Waals surface area contributed by atoms with Crippen molar-refractivity contribution in [3.8, 4) is 11.5 Å². The summed E-state index contributed by atoms with van der Waals surface area (Å²) in [4.78, 5) is 25.5. The number of rotatable bonds is 5. The van der Waals surface area contributed by atoms with Crippen molar-refractivity contribution in [1.82, 2.24) is 10.2 Å². The van der Waals surface area contributed by atoms with Gasteiger partial charge in [0.15, 0.2) is 11.5 Å². The van der Waals surface area contributed by atoms with Gasteiger partial charge in [-0.25, -0.2) is 0 Å². The molecule has 8 heteroatoms. The van der Waals surface area contributed by atoms with Gasteiger partial charge in [0.05, 0.1) is 31.8 Å². The molecule has 3 N–H and O–H groups in total. The fourth-order valence-electron chi connectivity index (χ4n) is 3.97. The number of hydrogen-bond acceptors (Lipinski definition) is 6. The molecule has 0 aliphatic heterocycles. The Morgan fingerprint density at radius 3 is 2.50 bits per heavy atom. The van der Waals surface area contributed by atoms with E-state index in [1.165, 1.54) is 14.2 Å². The molecule has 1 heterocycles. The summed E-state index contributed by atoms with van der Waals surface area (Å²) in [7, 11) is 3.04. The van der Waals surface area contributed by atoms with Gasteiger partial charge in [0.25, 0.3) is 5.56 Å². The molecule has 0 spiro atoms. The van der Waals surface area contributed by atoms with Crippen LogP contribution in [0.25, 0.3) is 0 Å². The molecular weight excluding hydrogens is 364 g/mol. The zero-order valence-electron chi connectivity index (χ0n) is 16.7. The number of carbonyl (C=O) groups excluding carboxylic acids is 1. The zero-order valence-corrected chi connectivity index (χ0v) is 16.7. The van der Waals surface area contributed by atoms with Gasteiger partial charge in [0, 0.05) is 23.6 Å². The number of aromatic amines is 2. The molecule has 1 aliphatic rings. The van der Waals surface area contributed by atoms with Crippen LogP contribution in [0.15, 0.2) is 23.0 Å². The van der Waals surface area contributed by atoms with Crippen LogP contribution in [0.4, 0.5) is 0 Å². The Morgan fingerprint density at radius 1 is 1.21 bits per heavy atom. The van der Waals surface area contributed by atoms with Gasteiger partial charge in [-0.15, -0.1) is 0 Å². The number of aromatic nitrogens is 2. The van der Waals surface area contributed by atoms with Crippen molar-refractivity contribution in [2.75, 3.05) is 14.2 Å². The Balaban J connectivity index is 2.21. The summed E-state index contributed by atoms with van der Waals surface area (Å²) in [5.74, 6) is -1.23. The van der Waals surface area contributed by atoms with Crippen molar-refractivity contribution in [2.45, 2.75) is 44.8 Å². The largest absolute Gasteiger partial charge is 0.493 e. The molecule has 0 unspecified atom stereocenters. The maximum Gasteiger partial charge on any atom is 0.313 e. The lowest BCUT2D eigenvalue weighted by Gasteiger charge is -2.40. The van der Waals surface area contributed by atoms with E-state index < -0.39 is 23.4 Å². The summed E-state index contributed by atoms with van der Waals surface area (Å²) in [6.45, 7) is 5.08. The molecule has 3 rings (SSSR count). The third-order valence-corrected chi connectivity index (χ3v) is 5.12. The van der Waals surface area contributed by atoms with Gasteiger partial charge in [-0.2, -0.15) is 0 Å². The fourth-order valence-corrected chi connectivity index (χ4v) is 3.97. The van der Waals surface area contributed by atoms with E-state index in [0.29, 0.717) is 28.3 Å².